The molecule has 184 valence electrons. The highest BCUT2D eigenvalue weighted by Gasteiger charge is 2.23. The van der Waals surface area contributed by atoms with Crippen molar-refractivity contribution in [2.75, 3.05) is 33.9 Å². The summed E-state index contributed by atoms with van der Waals surface area (Å²) in [5.41, 5.74) is -0.625. The van der Waals surface area contributed by atoms with Crippen molar-refractivity contribution in [2.24, 2.45) is 0 Å². The number of carbonyl (C=O) groups excluding carboxylic acids is 4. The zero-order valence-electron chi connectivity index (χ0n) is 19.9. The lowest BCUT2D eigenvalue weighted by Crippen LogP contribution is -2.33. The maximum atomic E-state index is 12.1. The van der Waals surface area contributed by atoms with Gasteiger partial charge in [0.05, 0.1) is 19.8 Å². The Morgan fingerprint density at radius 1 is 0.848 bits per heavy atom. The number of esters is 2. The van der Waals surface area contributed by atoms with Gasteiger partial charge in [-0.15, -0.1) is 0 Å². The Bertz CT molecular complexity index is 817. The fraction of sp³-hybridized carbons (Fsp3) is 0.565. The summed E-state index contributed by atoms with van der Waals surface area (Å²) in [5.74, 6) is -1.79. The van der Waals surface area contributed by atoms with Crippen molar-refractivity contribution < 1.29 is 38.1 Å². The lowest BCUT2D eigenvalue weighted by Gasteiger charge is -2.19. The van der Waals surface area contributed by atoms with E-state index in [1.54, 1.807) is 0 Å². The first-order valence-corrected chi connectivity index (χ1v) is 10.7. The van der Waals surface area contributed by atoms with E-state index in [1.807, 2.05) is 20.8 Å². The van der Waals surface area contributed by atoms with E-state index in [0.717, 1.165) is 25.7 Å². The van der Waals surface area contributed by atoms with E-state index >= 15 is 0 Å². The molecule has 0 aliphatic heterocycles. The van der Waals surface area contributed by atoms with Gasteiger partial charge in [-0.05, 0) is 45.7 Å². The Balaban J connectivity index is 2.33. The third-order valence-corrected chi connectivity index (χ3v) is 4.27. The van der Waals surface area contributed by atoms with Gasteiger partial charge < -0.3 is 29.6 Å². The molecule has 0 heterocycles. The maximum Gasteiger partial charge on any atom is 0.407 e. The van der Waals surface area contributed by atoms with E-state index in [4.69, 9.17) is 14.2 Å². The number of unbranched alkanes of at least 4 members (excludes halogenated alkanes) is 3. The van der Waals surface area contributed by atoms with E-state index < -0.39 is 23.6 Å². The fourth-order valence-corrected chi connectivity index (χ4v) is 2.77. The number of amides is 2. The van der Waals surface area contributed by atoms with Gasteiger partial charge in [-0.1, -0.05) is 18.9 Å². The highest BCUT2D eigenvalue weighted by Crippen LogP contribution is 2.24. The predicted molar refractivity (Wildman–Crippen MR) is 120 cm³/mol. The molecule has 1 aromatic rings. The van der Waals surface area contributed by atoms with Crippen LogP contribution in [-0.2, 0) is 19.0 Å². The molecule has 10 nitrogen and oxygen atoms in total. The van der Waals surface area contributed by atoms with Crippen molar-refractivity contribution in [1.29, 1.82) is 0 Å². The van der Waals surface area contributed by atoms with Crippen LogP contribution >= 0.6 is 0 Å². The number of carbonyl (C=O) groups is 4. The second-order valence-electron chi connectivity index (χ2n) is 8.14. The summed E-state index contributed by atoms with van der Waals surface area (Å²) < 4.78 is 20.0. The predicted octanol–water partition coefficient (Wildman–Crippen LogP) is 2.84. The Morgan fingerprint density at radius 3 is 2.03 bits per heavy atom. The van der Waals surface area contributed by atoms with Crippen LogP contribution in [0, 0.1) is 0 Å². The van der Waals surface area contributed by atoms with Crippen LogP contribution in [0.15, 0.2) is 18.2 Å². The lowest BCUT2D eigenvalue weighted by molar-refractivity contribution is -0.123. The normalized spacial score (nSPS) is 10.7. The second-order valence-corrected chi connectivity index (χ2v) is 8.14. The van der Waals surface area contributed by atoms with Gasteiger partial charge in [-0.25, -0.2) is 14.4 Å². The maximum absolute atomic E-state index is 12.1. The van der Waals surface area contributed by atoms with Crippen molar-refractivity contribution in [3.63, 3.8) is 0 Å². The average Bonchev–Trinajstić information content (AvgIpc) is 2.76. The van der Waals surface area contributed by atoms with E-state index in [9.17, 15) is 19.2 Å². The molecule has 0 saturated heterocycles. The number of rotatable bonds is 12. The van der Waals surface area contributed by atoms with Gasteiger partial charge in [0.25, 0.3) is 5.91 Å². The van der Waals surface area contributed by atoms with Crippen LogP contribution in [0.3, 0.4) is 0 Å². The topological polar surface area (TPSA) is 129 Å². The van der Waals surface area contributed by atoms with Crippen LogP contribution in [0.25, 0.3) is 0 Å². The molecule has 0 unspecified atom stereocenters. The largest absolute Gasteiger partial charge is 0.483 e. The van der Waals surface area contributed by atoms with E-state index in [2.05, 4.69) is 15.4 Å². The minimum absolute atomic E-state index is 0.0107. The van der Waals surface area contributed by atoms with Crippen LogP contribution in [0.5, 0.6) is 5.75 Å². The number of hydrogen-bond acceptors (Lipinski definition) is 8. The van der Waals surface area contributed by atoms with Crippen LogP contribution < -0.4 is 15.4 Å². The minimum Gasteiger partial charge on any atom is -0.483 e. The molecule has 10 heteroatoms. The Hall–Kier alpha value is -3.30. The summed E-state index contributed by atoms with van der Waals surface area (Å²) in [4.78, 5) is 47.6. The zero-order chi connectivity index (χ0) is 24.9. The number of hydrogen-bond donors (Lipinski definition) is 2. The molecule has 0 aliphatic rings. The molecule has 0 spiro atoms. The highest BCUT2D eigenvalue weighted by molar-refractivity contribution is 6.05. The molecule has 0 aliphatic carbocycles. The quantitative estimate of drug-likeness (QED) is 0.273. The number of methoxy groups -OCH3 is 2. The molecule has 0 saturated carbocycles. The smallest absolute Gasteiger partial charge is 0.407 e. The zero-order valence-corrected chi connectivity index (χ0v) is 19.9. The lowest BCUT2D eigenvalue weighted by atomic mass is 10.1. The van der Waals surface area contributed by atoms with Gasteiger partial charge in [-0.3, -0.25) is 4.79 Å². The summed E-state index contributed by atoms with van der Waals surface area (Å²) >= 11 is 0. The SMILES string of the molecule is COC(=O)c1cccc(OCC(=O)NCCCCCCNC(=O)OC(C)(C)C)c1C(=O)OC. The van der Waals surface area contributed by atoms with Crippen LogP contribution in [0.4, 0.5) is 4.79 Å². The monoisotopic (exact) mass is 466 g/mol. The molecule has 2 N–H and O–H groups in total. The molecular weight excluding hydrogens is 432 g/mol. The molecule has 0 aromatic heterocycles. The third-order valence-electron chi connectivity index (χ3n) is 4.27. The average molecular weight is 467 g/mol. The van der Waals surface area contributed by atoms with E-state index in [1.165, 1.54) is 32.4 Å². The van der Waals surface area contributed by atoms with Crippen LogP contribution in [0.2, 0.25) is 0 Å². The molecule has 0 bridgehead atoms. The van der Waals surface area contributed by atoms with Crippen molar-refractivity contribution in [3.05, 3.63) is 29.3 Å². The first-order chi connectivity index (χ1) is 15.6. The number of nitrogens with one attached hydrogen (secondary N) is 2. The van der Waals surface area contributed by atoms with Crippen LogP contribution in [0.1, 0.15) is 67.2 Å². The summed E-state index contributed by atoms with van der Waals surface area (Å²) in [6.45, 7) is 6.10. The van der Waals surface area contributed by atoms with Crippen molar-refractivity contribution in [1.82, 2.24) is 10.6 Å². The van der Waals surface area contributed by atoms with Gasteiger partial charge in [-0.2, -0.15) is 0 Å². The molecule has 2 amide bonds. The van der Waals surface area contributed by atoms with Crippen molar-refractivity contribution in [3.8, 4) is 5.75 Å². The highest BCUT2D eigenvalue weighted by atomic mass is 16.6. The summed E-state index contributed by atoms with van der Waals surface area (Å²) in [5, 5.41) is 5.44. The van der Waals surface area contributed by atoms with Crippen molar-refractivity contribution >= 4 is 23.9 Å². The van der Waals surface area contributed by atoms with Crippen molar-refractivity contribution in [2.45, 2.75) is 52.1 Å². The standard InChI is InChI=1S/C23H34N2O8/c1-23(2,3)33-22(29)25-14-9-7-6-8-13-24-18(26)15-32-17-12-10-11-16(20(27)30-4)19(17)21(28)31-5/h10-12H,6-9,13-15H2,1-5H3,(H,24,26)(H,25,29). The molecule has 0 atom stereocenters. The number of alkyl carbamates (subject to hydrolysis) is 1. The second kappa shape index (κ2) is 14.0. The number of ether oxygens (including phenoxy) is 4. The Kier molecular flexibility index (Phi) is 11.7. The summed E-state index contributed by atoms with van der Waals surface area (Å²) in [7, 11) is 2.38. The van der Waals surface area contributed by atoms with E-state index in [-0.39, 0.29) is 29.4 Å². The molecule has 1 rings (SSSR count). The Morgan fingerprint density at radius 2 is 1.45 bits per heavy atom. The molecular formula is C23H34N2O8. The summed E-state index contributed by atoms with van der Waals surface area (Å²) in [6, 6.07) is 4.40. The first kappa shape index (κ1) is 27.7. The third kappa shape index (κ3) is 10.7. The minimum atomic E-state index is -0.771. The van der Waals surface area contributed by atoms with Gasteiger partial charge in [0.1, 0.15) is 16.9 Å². The molecule has 1 aromatic carbocycles. The van der Waals surface area contributed by atoms with Gasteiger partial charge in [0, 0.05) is 13.1 Å². The van der Waals surface area contributed by atoms with Crippen LogP contribution in [-0.4, -0.2) is 63.5 Å². The Labute approximate surface area is 194 Å². The fourth-order valence-electron chi connectivity index (χ4n) is 2.77. The summed E-state index contributed by atoms with van der Waals surface area (Å²) in [6.07, 6.45) is 2.92. The molecule has 0 fully saturated rings. The van der Waals surface area contributed by atoms with Gasteiger partial charge >= 0.3 is 18.0 Å². The number of benzene rings is 1. The molecule has 0 radical (unpaired) electrons. The van der Waals surface area contributed by atoms with E-state index in [0.29, 0.717) is 13.1 Å². The molecule has 33 heavy (non-hydrogen) atoms. The van der Waals surface area contributed by atoms with Gasteiger partial charge in [0.15, 0.2) is 6.61 Å². The first-order valence-electron chi connectivity index (χ1n) is 10.7. The van der Waals surface area contributed by atoms with Gasteiger partial charge in [0.2, 0.25) is 0 Å².